The van der Waals surface area contributed by atoms with Crippen LogP contribution < -0.4 is 10.2 Å². The average Bonchev–Trinajstić information content (AvgIpc) is 2.82. The maximum absolute atomic E-state index is 12.4. The van der Waals surface area contributed by atoms with Crippen molar-refractivity contribution in [1.82, 2.24) is 9.80 Å². The third-order valence-corrected chi connectivity index (χ3v) is 5.64. The van der Waals surface area contributed by atoms with Crippen LogP contribution in [0.1, 0.15) is 80.4 Å². The Kier molecular flexibility index (Phi) is 20.3. The van der Waals surface area contributed by atoms with Crippen LogP contribution in [0.25, 0.3) is 0 Å². The summed E-state index contributed by atoms with van der Waals surface area (Å²) in [5.41, 5.74) is 1.80. The van der Waals surface area contributed by atoms with Gasteiger partial charge < -0.3 is 20.0 Å². The van der Waals surface area contributed by atoms with Crippen LogP contribution in [0.5, 0.6) is 0 Å². The molecule has 0 aliphatic carbocycles. The molecular weight excluding hydrogens is 576 g/mol. The van der Waals surface area contributed by atoms with Crippen molar-refractivity contribution in [2.24, 2.45) is 15.4 Å². The van der Waals surface area contributed by atoms with Gasteiger partial charge >= 0.3 is 26.2 Å². The Morgan fingerprint density at radius 3 is 1.05 bits per heavy atom. The van der Waals surface area contributed by atoms with Crippen LogP contribution in [-0.2, 0) is 26.2 Å². The molecule has 0 spiro atoms. The summed E-state index contributed by atoms with van der Waals surface area (Å²) in [6.07, 6.45) is 0. The van der Waals surface area contributed by atoms with E-state index < -0.39 is 0 Å². The van der Waals surface area contributed by atoms with Gasteiger partial charge in [0.15, 0.2) is 0 Å². The molecule has 0 amide bonds. The topological polar surface area (TPSA) is 77.3 Å². The van der Waals surface area contributed by atoms with E-state index in [4.69, 9.17) is 0 Å². The van der Waals surface area contributed by atoms with Gasteiger partial charge in [-0.25, -0.2) is 0 Å². The van der Waals surface area contributed by atoms with Gasteiger partial charge in [-0.05, 0) is 55.4 Å². The minimum Gasteiger partial charge on any atom is -0.846 e. The molecule has 0 N–H and O–H groups in total. The molecule has 0 aliphatic heterocycles. The van der Waals surface area contributed by atoms with Gasteiger partial charge in [-0.2, -0.15) is 49.2 Å². The van der Waals surface area contributed by atoms with Gasteiger partial charge in [0.05, 0.1) is 12.0 Å². The third-order valence-electron chi connectivity index (χ3n) is 5.64. The molecule has 0 atom stereocenters. The first-order chi connectivity index (χ1) is 18.1. The summed E-state index contributed by atoms with van der Waals surface area (Å²) in [5, 5.41) is 24.7. The van der Waals surface area contributed by atoms with Crippen LogP contribution in [0.3, 0.4) is 0 Å². The fraction of sp³-hybridized carbons (Fsp3) is 0.515. The van der Waals surface area contributed by atoms with Gasteiger partial charge in [-0.15, -0.1) is 24.3 Å². The van der Waals surface area contributed by atoms with Gasteiger partial charge in [0, 0.05) is 42.7 Å². The van der Waals surface area contributed by atoms with Crippen LogP contribution in [0.4, 0.5) is 0 Å². The number of hydrogen-bond donors (Lipinski definition) is 0. The molecule has 7 heteroatoms. The van der Waals surface area contributed by atoms with Gasteiger partial charge in [-0.3, -0.25) is 9.98 Å². The largest absolute Gasteiger partial charge is 4.00 e. The minimum absolute atomic E-state index is 0. The Balaban J connectivity index is 0. The molecule has 2 rings (SSSR count). The number of benzene rings is 2. The summed E-state index contributed by atoms with van der Waals surface area (Å²) >= 11 is 0. The van der Waals surface area contributed by atoms with Crippen molar-refractivity contribution in [3.05, 3.63) is 85.6 Å². The molecule has 0 unspecified atom stereocenters. The molecule has 0 aliphatic rings. The van der Waals surface area contributed by atoms with Crippen LogP contribution in [0.2, 0.25) is 0 Å². The first-order valence-corrected chi connectivity index (χ1v) is 13.8. The zero-order chi connectivity index (χ0) is 30.2. The molecule has 2 aromatic carbocycles. The van der Waals surface area contributed by atoms with Gasteiger partial charge in [0.1, 0.15) is 0 Å². The van der Waals surface area contributed by atoms with Crippen molar-refractivity contribution in [2.45, 2.75) is 93.4 Å². The molecule has 0 saturated heterocycles. The van der Waals surface area contributed by atoms with Crippen molar-refractivity contribution in [1.29, 1.82) is 0 Å². The molecule has 0 heterocycles. The fourth-order valence-corrected chi connectivity index (χ4v) is 3.81. The molecule has 0 saturated carbocycles. The summed E-state index contributed by atoms with van der Waals surface area (Å²) in [7, 11) is 0. The SMILES string of the molecule is CC(C)N(C([O-])=NCC(C)(C)CN=C([O-])N(C(C)C)C(C)C)C(C)C.[CH2-]c1ccccc1.[CH2-]c1ccccc1.[Zr+4]. The van der Waals surface area contributed by atoms with Crippen molar-refractivity contribution in [3.63, 3.8) is 0 Å². The number of rotatable bonds is 8. The van der Waals surface area contributed by atoms with Gasteiger partial charge in [0.2, 0.25) is 0 Å². The van der Waals surface area contributed by atoms with E-state index in [2.05, 4.69) is 23.8 Å². The van der Waals surface area contributed by atoms with Crippen molar-refractivity contribution < 1.29 is 36.4 Å². The van der Waals surface area contributed by atoms with Crippen LogP contribution in [0, 0.1) is 19.3 Å². The molecule has 0 fully saturated rings. The second-order valence-corrected chi connectivity index (χ2v) is 11.5. The standard InChI is InChI=1S/C19H40N4O2.2C7H7.Zr/c1-13(2)22(14(3)4)17(24)20-11-19(9,10)12-21-18(25)23(15(5)6)16(7)8;2*1-7-5-3-2-4-6-7;/h13-16H,11-12H2,1-10H3,(H,20,24)(H,21,25);2*2-6H,1H2;/q;2*-1;+4/p-2. The number of amidine groups is 2. The molecule has 0 bridgehead atoms. The quantitative estimate of drug-likeness (QED) is 0.223. The smallest absolute Gasteiger partial charge is 0.846 e. The first kappa shape index (κ1) is 39.7. The Hall–Kier alpha value is -2.40. The predicted molar refractivity (Wildman–Crippen MR) is 164 cm³/mol. The van der Waals surface area contributed by atoms with Gasteiger partial charge in [0.25, 0.3) is 0 Å². The predicted octanol–water partition coefficient (Wildman–Crippen LogP) is 5.42. The van der Waals surface area contributed by atoms with Crippen LogP contribution in [0.15, 0.2) is 70.6 Å². The van der Waals surface area contributed by atoms with E-state index in [-0.39, 0.29) is 67.8 Å². The maximum Gasteiger partial charge on any atom is 4.00 e. The van der Waals surface area contributed by atoms with Crippen molar-refractivity contribution >= 4 is 12.0 Å². The first-order valence-electron chi connectivity index (χ1n) is 13.8. The molecule has 0 radical (unpaired) electrons. The normalized spacial score (nSPS) is 11.8. The molecular formula is C33H52N4O2Zr. The molecule has 2 aromatic rings. The average molecular weight is 628 g/mol. The fourth-order valence-electron chi connectivity index (χ4n) is 3.81. The van der Waals surface area contributed by atoms with E-state index in [0.717, 1.165) is 11.1 Å². The second kappa shape index (κ2) is 20.5. The Bertz CT molecular complexity index is 865. The third kappa shape index (κ3) is 17.3. The zero-order valence-electron chi connectivity index (χ0n) is 26.5. The van der Waals surface area contributed by atoms with Crippen LogP contribution >= 0.6 is 0 Å². The Labute approximate surface area is 264 Å². The molecule has 220 valence electrons. The summed E-state index contributed by atoms with van der Waals surface area (Å²) in [6, 6.07) is 19.8. The van der Waals surface area contributed by atoms with E-state index in [0.29, 0.717) is 13.1 Å². The van der Waals surface area contributed by atoms with E-state index in [1.165, 1.54) is 0 Å². The van der Waals surface area contributed by atoms with Crippen molar-refractivity contribution in [2.75, 3.05) is 13.1 Å². The number of aliphatic imine (C=N–C) groups is 2. The van der Waals surface area contributed by atoms with E-state index in [9.17, 15) is 10.2 Å². The molecule has 6 nitrogen and oxygen atoms in total. The van der Waals surface area contributed by atoms with Crippen LogP contribution in [-0.4, -0.2) is 59.1 Å². The molecule has 0 aromatic heterocycles. The summed E-state index contributed by atoms with van der Waals surface area (Å²) < 4.78 is 0. The van der Waals surface area contributed by atoms with E-state index >= 15 is 0 Å². The summed E-state index contributed by atoms with van der Waals surface area (Å²) in [4.78, 5) is 12.0. The maximum atomic E-state index is 12.4. The molecule has 40 heavy (non-hydrogen) atoms. The summed E-state index contributed by atoms with van der Waals surface area (Å²) in [6.45, 7) is 28.0. The van der Waals surface area contributed by atoms with Gasteiger partial charge in [-0.1, -0.05) is 26.0 Å². The zero-order valence-corrected chi connectivity index (χ0v) is 29.0. The Morgan fingerprint density at radius 1 is 0.625 bits per heavy atom. The number of hydrogen-bond acceptors (Lipinski definition) is 4. The number of nitrogens with zero attached hydrogens (tertiary/aromatic N) is 4. The van der Waals surface area contributed by atoms with E-state index in [1.54, 1.807) is 9.80 Å². The Morgan fingerprint density at radius 2 is 0.875 bits per heavy atom. The van der Waals surface area contributed by atoms with Crippen molar-refractivity contribution in [3.8, 4) is 0 Å². The summed E-state index contributed by atoms with van der Waals surface area (Å²) in [5.74, 6) is 0. The second-order valence-electron chi connectivity index (χ2n) is 11.5. The minimum atomic E-state index is -0.343. The monoisotopic (exact) mass is 626 g/mol. The van der Waals surface area contributed by atoms with E-state index in [1.807, 2.05) is 130 Å².